The zero-order valence-corrected chi connectivity index (χ0v) is 15.9. The molecule has 130 valence electrons. The van der Waals surface area contributed by atoms with Crippen molar-refractivity contribution in [3.05, 3.63) is 63.1 Å². The number of fused-ring (bicyclic) bond motifs is 1. The summed E-state index contributed by atoms with van der Waals surface area (Å²) in [6.07, 6.45) is 5.87. The fourth-order valence-electron chi connectivity index (χ4n) is 4.99. The van der Waals surface area contributed by atoms with Crippen LogP contribution in [-0.2, 0) is 16.6 Å². The highest BCUT2D eigenvalue weighted by molar-refractivity contribution is 7.10. The minimum atomic E-state index is -0.292. The lowest BCUT2D eigenvalue weighted by Gasteiger charge is -2.43. The largest absolute Gasteiger partial charge is 0.294 e. The predicted octanol–water partition coefficient (Wildman–Crippen LogP) is 5.47. The maximum atomic E-state index is 13.3. The Hall–Kier alpha value is -1.74. The lowest BCUT2D eigenvalue weighted by Crippen LogP contribution is -2.40. The van der Waals surface area contributed by atoms with E-state index in [-0.39, 0.29) is 5.41 Å². The van der Waals surface area contributed by atoms with Crippen molar-refractivity contribution in [1.29, 1.82) is 0 Å². The first-order valence-electron chi connectivity index (χ1n) is 9.44. The van der Waals surface area contributed by atoms with Gasteiger partial charge in [-0.1, -0.05) is 56.2 Å². The van der Waals surface area contributed by atoms with E-state index < -0.39 is 0 Å². The number of hydrogen-bond acceptors (Lipinski definition) is 3. The fourth-order valence-corrected chi connectivity index (χ4v) is 6.11. The Balaban J connectivity index is 1.93. The van der Waals surface area contributed by atoms with Crippen molar-refractivity contribution in [3.63, 3.8) is 0 Å². The van der Waals surface area contributed by atoms with Crippen LogP contribution in [0.5, 0.6) is 0 Å². The Labute approximate surface area is 154 Å². The fraction of sp³-hybridized carbons (Fsp3) is 0.455. The molecule has 0 saturated heterocycles. The molecule has 3 heteroatoms. The van der Waals surface area contributed by atoms with Gasteiger partial charge in [0.25, 0.3) is 0 Å². The molecule has 2 aliphatic rings. The van der Waals surface area contributed by atoms with Gasteiger partial charge in [0.15, 0.2) is 5.78 Å². The molecule has 0 radical (unpaired) electrons. The van der Waals surface area contributed by atoms with Crippen LogP contribution >= 0.6 is 11.3 Å². The smallest absolute Gasteiger partial charge is 0.160 e. The summed E-state index contributed by atoms with van der Waals surface area (Å²) in [6.45, 7) is 4.44. The highest BCUT2D eigenvalue weighted by Crippen LogP contribution is 2.53. The van der Waals surface area contributed by atoms with E-state index in [4.69, 9.17) is 0 Å². The van der Waals surface area contributed by atoms with E-state index in [1.807, 2.05) is 5.51 Å². The number of carbonyl (C=O) groups is 1. The molecule has 0 amide bonds. The molecular weight excluding hydrogens is 326 g/mol. The zero-order chi connectivity index (χ0) is 17.4. The van der Waals surface area contributed by atoms with Crippen molar-refractivity contribution in [2.75, 3.05) is 0 Å². The van der Waals surface area contributed by atoms with Crippen LogP contribution in [0.4, 0.5) is 0 Å². The minimum absolute atomic E-state index is 0.292. The summed E-state index contributed by atoms with van der Waals surface area (Å²) in [6, 6.07) is 10.6. The van der Waals surface area contributed by atoms with E-state index in [1.165, 1.54) is 21.7 Å². The molecule has 2 atom stereocenters. The monoisotopic (exact) mass is 351 g/mol. The summed E-state index contributed by atoms with van der Waals surface area (Å²) in [4.78, 5) is 19.3. The zero-order valence-electron chi connectivity index (χ0n) is 15.0. The summed E-state index contributed by atoms with van der Waals surface area (Å²) in [5, 5.41) is 0. The third-order valence-electron chi connectivity index (χ3n) is 5.97. The highest BCUT2D eigenvalue weighted by atomic mass is 32.1. The first-order valence-corrected chi connectivity index (χ1v) is 10.3. The number of allylic oxidation sites excluding steroid dienone is 2. The standard InChI is InChI=1S/C22H25NOS/c1-3-8-15-11-16-13-18-21(25-14-23-18)22(4-2,20(16)19(24)12-15)17-9-6-5-7-10-17/h5-7,9-10,14-15H,3-4,8,11-13H2,1-2H3. The molecule has 4 rings (SSSR count). The van der Waals surface area contributed by atoms with Gasteiger partial charge in [0, 0.05) is 23.3 Å². The number of Topliss-reactive ketones (excluding diaryl/α,β-unsaturated/α-hetero) is 1. The Morgan fingerprint density at radius 1 is 1.20 bits per heavy atom. The number of ketones is 1. The van der Waals surface area contributed by atoms with E-state index in [2.05, 4.69) is 49.2 Å². The quantitative estimate of drug-likeness (QED) is 0.731. The van der Waals surface area contributed by atoms with Crippen molar-refractivity contribution in [2.24, 2.45) is 5.92 Å². The molecule has 1 aromatic heterocycles. The van der Waals surface area contributed by atoms with Gasteiger partial charge in [0.1, 0.15) is 0 Å². The SMILES string of the molecule is CCCC1CC(=O)C2=C(Cc3ncsc3C2(CC)c2ccccc2)C1. The lowest BCUT2D eigenvalue weighted by atomic mass is 9.60. The summed E-state index contributed by atoms with van der Waals surface area (Å²) in [5.41, 5.74) is 6.57. The molecule has 0 bridgehead atoms. The molecule has 0 spiro atoms. The van der Waals surface area contributed by atoms with E-state index in [0.29, 0.717) is 11.7 Å². The summed E-state index contributed by atoms with van der Waals surface area (Å²) >= 11 is 1.72. The molecule has 0 saturated carbocycles. The topological polar surface area (TPSA) is 30.0 Å². The maximum Gasteiger partial charge on any atom is 0.160 e. The molecule has 0 fully saturated rings. The van der Waals surface area contributed by atoms with Crippen molar-refractivity contribution in [3.8, 4) is 0 Å². The van der Waals surface area contributed by atoms with Crippen LogP contribution in [0.3, 0.4) is 0 Å². The van der Waals surface area contributed by atoms with Crippen LogP contribution in [0.1, 0.15) is 62.1 Å². The molecule has 25 heavy (non-hydrogen) atoms. The lowest BCUT2D eigenvalue weighted by molar-refractivity contribution is -0.117. The number of carbonyl (C=O) groups excluding carboxylic acids is 1. The van der Waals surface area contributed by atoms with Crippen LogP contribution < -0.4 is 0 Å². The summed E-state index contributed by atoms with van der Waals surface area (Å²) in [5.74, 6) is 0.895. The number of rotatable bonds is 4. The second kappa shape index (κ2) is 6.53. The Kier molecular flexibility index (Phi) is 4.36. The van der Waals surface area contributed by atoms with Crippen molar-refractivity contribution < 1.29 is 4.79 Å². The van der Waals surface area contributed by atoms with E-state index in [1.54, 1.807) is 11.3 Å². The van der Waals surface area contributed by atoms with Gasteiger partial charge in [-0.05, 0) is 30.7 Å². The first kappa shape index (κ1) is 16.7. The van der Waals surface area contributed by atoms with Crippen LogP contribution in [0, 0.1) is 5.92 Å². The molecule has 1 heterocycles. The second-order valence-electron chi connectivity index (χ2n) is 7.39. The number of thiazole rings is 1. The molecule has 2 aromatic rings. The van der Waals surface area contributed by atoms with Crippen LogP contribution in [0.25, 0.3) is 0 Å². The van der Waals surface area contributed by atoms with E-state index in [9.17, 15) is 4.79 Å². The number of benzene rings is 1. The van der Waals surface area contributed by atoms with Gasteiger partial charge < -0.3 is 0 Å². The minimum Gasteiger partial charge on any atom is -0.294 e. The van der Waals surface area contributed by atoms with Gasteiger partial charge in [-0.3, -0.25) is 4.79 Å². The Morgan fingerprint density at radius 2 is 2.00 bits per heavy atom. The van der Waals surface area contributed by atoms with Gasteiger partial charge in [-0.2, -0.15) is 0 Å². The van der Waals surface area contributed by atoms with Gasteiger partial charge in [-0.15, -0.1) is 11.3 Å². The number of aromatic nitrogens is 1. The first-order chi connectivity index (χ1) is 12.2. The second-order valence-corrected chi connectivity index (χ2v) is 8.25. The molecule has 0 N–H and O–H groups in total. The summed E-state index contributed by atoms with van der Waals surface area (Å²) in [7, 11) is 0. The van der Waals surface area contributed by atoms with Gasteiger partial charge in [0.2, 0.25) is 0 Å². The molecule has 2 nitrogen and oxygen atoms in total. The van der Waals surface area contributed by atoms with E-state index in [0.717, 1.165) is 44.1 Å². The summed E-state index contributed by atoms with van der Waals surface area (Å²) < 4.78 is 0. The Morgan fingerprint density at radius 3 is 2.72 bits per heavy atom. The van der Waals surface area contributed by atoms with Crippen molar-refractivity contribution in [1.82, 2.24) is 4.98 Å². The number of nitrogens with zero attached hydrogens (tertiary/aromatic N) is 1. The van der Waals surface area contributed by atoms with Crippen molar-refractivity contribution in [2.45, 2.75) is 57.8 Å². The van der Waals surface area contributed by atoms with Gasteiger partial charge in [0.05, 0.1) is 16.6 Å². The third kappa shape index (κ3) is 2.52. The molecule has 2 aliphatic carbocycles. The molecule has 1 aromatic carbocycles. The van der Waals surface area contributed by atoms with Gasteiger partial charge in [-0.25, -0.2) is 4.98 Å². The number of hydrogen-bond donors (Lipinski definition) is 0. The highest BCUT2D eigenvalue weighted by Gasteiger charge is 2.48. The van der Waals surface area contributed by atoms with Crippen molar-refractivity contribution >= 4 is 17.1 Å². The van der Waals surface area contributed by atoms with Crippen LogP contribution in [0.15, 0.2) is 47.0 Å². The molecule has 2 unspecified atom stereocenters. The average Bonchev–Trinajstić information content (AvgIpc) is 3.09. The molecule has 0 aliphatic heterocycles. The van der Waals surface area contributed by atoms with Crippen LogP contribution in [-0.4, -0.2) is 10.8 Å². The predicted molar refractivity (Wildman–Crippen MR) is 103 cm³/mol. The van der Waals surface area contributed by atoms with Gasteiger partial charge >= 0.3 is 0 Å². The average molecular weight is 352 g/mol. The van der Waals surface area contributed by atoms with Crippen LogP contribution in [0.2, 0.25) is 0 Å². The normalized spacial score (nSPS) is 25.7. The van der Waals surface area contributed by atoms with E-state index >= 15 is 0 Å². The maximum absolute atomic E-state index is 13.3. The molecular formula is C22H25NOS. The Bertz CT molecular complexity index is 820. The third-order valence-corrected chi connectivity index (χ3v) is 7.00.